The first-order valence-electron chi connectivity index (χ1n) is 10.6. The van der Waals surface area contributed by atoms with Gasteiger partial charge in [-0.15, -0.1) is 0 Å². The van der Waals surface area contributed by atoms with E-state index >= 15 is 0 Å². The van der Waals surface area contributed by atoms with Crippen LogP contribution in [0.4, 0.5) is 0 Å². The highest BCUT2D eigenvalue weighted by Crippen LogP contribution is 2.31. The topological polar surface area (TPSA) is 71.0 Å². The fourth-order valence-electron chi connectivity index (χ4n) is 3.67. The molecular weight excluding hydrogens is 380 g/mol. The predicted molar refractivity (Wildman–Crippen MR) is 117 cm³/mol. The van der Waals surface area contributed by atoms with E-state index in [9.17, 15) is 9.90 Å². The second-order valence-electron chi connectivity index (χ2n) is 7.81. The number of carbonyl (C=O) groups excluding carboxylic acids is 1. The Morgan fingerprint density at radius 2 is 1.80 bits per heavy atom. The average Bonchev–Trinajstić information content (AvgIpc) is 2.74. The third-order valence-corrected chi connectivity index (χ3v) is 5.30. The Bertz CT molecular complexity index is 807. The zero-order valence-corrected chi connectivity index (χ0v) is 17.9. The molecule has 6 nitrogen and oxygen atoms in total. The third-order valence-electron chi connectivity index (χ3n) is 5.30. The van der Waals surface area contributed by atoms with Crippen LogP contribution in [0.5, 0.6) is 17.2 Å². The van der Waals surface area contributed by atoms with E-state index in [1.165, 1.54) is 5.56 Å². The number of hydrogen-bond acceptors (Lipinski definition) is 5. The number of hydrogen-bond donors (Lipinski definition) is 2. The molecule has 162 valence electrons. The van der Waals surface area contributed by atoms with Crippen LogP contribution in [-0.4, -0.2) is 55.3 Å². The van der Waals surface area contributed by atoms with Crippen LogP contribution in [0.25, 0.3) is 0 Å². The Morgan fingerprint density at radius 1 is 1.13 bits per heavy atom. The van der Waals surface area contributed by atoms with Crippen LogP contribution in [0.1, 0.15) is 29.5 Å². The number of morpholine rings is 1. The summed E-state index contributed by atoms with van der Waals surface area (Å²) in [5, 5.41) is 12.4. The van der Waals surface area contributed by atoms with E-state index in [1.807, 2.05) is 13.8 Å². The summed E-state index contributed by atoms with van der Waals surface area (Å²) in [5.41, 5.74) is 3.39. The molecule has 0 aliphatic carbocycles. The number of phenols is 1. The molecule has 1 amide bonds. The molecule has 0 saturated carbocycles. The molecule has 0 bridgehead atoms. The van der Waals surface area contributed by atoms with Gasteiger partial charge in [-0.25, -0.2) is 0 Å². The maximum Gasteiger partial charge on any atom is 0.221 e. The van der Waals surface area contributed by atoms with Crippen molar-refractivity contribution >= 4 is 5.91 Å². The number of rotatable bonds is 9. The largest absolute Gasteiger partial charge is 0.508 e. The second kappa shape index (κ2) is 11.0. The van der Waals surface area contributed by atoms with Crippen molar-refractivity contribution in [2.45, 2.75) is 33.1 Å². The molecule has 2 aromatic rings. The number of nitrogens with one attached hydrogen (secondary N) is 1. The van der Waals surface area contributed by atoms with E-state index in [-0.39, 0.29) is 11.7 Å². The summed E-state index contributed by atoms with van der Waals surface area (Å²) in [6.07, 6.45) is 2.35. The van der Waals surface area contributed by atoms with Gasteiger partial charge in [0.05, 0.1) is 13.2 Å². The van der Waals surface area contributed by atoms with Gasteiger partial charge in [0.2, 0.25) is 5.91 Å². The third kappa shape index (κ3) is 6.75. The standard InChI is InChI=1S/C24H32N2O4/c1-18-16-20(17-19(2)24(18)30-22-7-5-21(27)6-8-22)4-3-10-25-23(28)9-11-26-12-14-29-15-13-26/h5-8,16-17,27H,3-4,9-15H2,1-2H3,(H,25,28). The van der Waals surface area contributed by atoms with Gasteiger partial charge in [0.15, 0.2) is 0 Å². The molecule has 0 atom stereocenters. The van der Waals surface area contributed by atoms with Crippen LogP contribution in [0.15, 0.2) is 36.4 Å². The van der Waals surface area contributed by atoms with Crippen molar-refractivity contribution in [3.05, 3.63) is 53.1 Å². The van der Waals surface area contributed by atoms with Gasteiger partial charge in [-0.05, 0) is 67.6 Å². The van der Waals surface area contributed by atoms with Crippen molar-refractivity contribution in [1.82, 2.24) is 10.2 Å². The lowest BCUT2D eigenvalue weighted by Crippen LogP contribution is -2.38. The molecule has 1 fully saturated rings. The minimum absolute atomic E-state index is 0.117. The van der Waals surface area contributed by atoms with Gasteiger partial charge in [0.25, 0.3) is 0 Å². The normalized spacial score (nSPS) is 14.5. The molecule has 2 aromatic carbocycles. The first kappa shape index (κ1) is 22.1. The van der Waals surface area contributed by atoms with Crippen LogP contribution in [0, 0.1) is 13.8 Å². The van der Waals surface area contributed by atoms with E-state index in [0.717, 1.165) is 62.6 Å². The highest BCUT2D eigenvalue weighted by Gasteiger charge is 2.12. The van der Waals surface area contributed by atoms with Gasteiger partial charge in [0, 0.05) is 32.6 Å². The molecule has 0 aromatic heterocycles. The summed E-state index contributed by atoms with van der Waals surface area (Å²) in [7, 11) is 0. The summed E-state index contributed by atoms with van der Waals surface area (Å²) in [5.74, 6) is 1.89. The van der Waals surface area contributed by atoms with E-state index < -0.39 is 0 Å². The quantitative estimate of drug-likeness (QED) is 0.616. The number of aromatic hydroxyl groups is 1. The van der Waals surface area contributed by atoms with E-state index in [0.29, 0.717) is 18.7 Å². The highest BCUT2D eigenvalue weighted by atomic mass is 16.5. The Balaban J connectivity index is 1.42. The molecule has 30 heavy (non-hydrogen) atoms. The summed E-state index contributed by atoms with van der Waals surface area (Å²) < 4.78 is 11.3. The van der Waals surface area contributed by atoms with E-state index in [1.54, 1.807) is 24.3 Å². The molecule has 1 aliphatic heterocycles. The minimum Gasteiger partial charge on any atom is -0.508 e. The summed E-state index contributed by atoms with van der Waals surface area (Å²) in [6, 6.07) is 11.0. The van der Waals surface area contributed by atoms with Gasteiger partial charge in [-0.3, -0.25) is 9.69 Å². The molecule has 1 heterocycles. The fraction of sp³-hybridized carbons (Fsp3) is 0.458. The van der Waals surface area contributed by atoms with E-state index in [4.69, 9.17) is 9.47 Å². The number of phenolic OH excluding ortho intramolecular Hbond substituents is 1. The van der Waals surface area contributed by atoms with Crippen molar-refractivity contribution in [1.29, 1.82) is 0 Å². The first-order valence-corrected chi connectivity index (χ1v) is 10.6. The first-order chi connectivity index (χ1) is 14.5. The summed E-state index contributed by atoms with van der Waals surface area (Å²) in [6.45, 7) is 8.93. The van der Waals surface area contributed by atoms with Gasteiger partial charge >= 0.3 is 0 Å². The maximum absolute atomic E-state index is 12.0. The van der Waals surface area contributed by atoms with Crippen LogP contribution in [0.3, 0.4) is 0 Å². The number of benzene rings is 2. The summed E-state index contributed by atoms with van der Waals surface area (Å²) in [4.78, 5) is 14.3. The second-order valence-corrected chi connectivity index (χ2v) is 7.81. The van der Waals surface area contributed by atoms with E-state index in [2.05, 4.69) is 22.3 Å². The molecular formula is C24H32N2O4. The SMILES string of the molecule is Cc1cc(CCCNC(=O)CCN2CCOCC2)cc(C)c1Oc1ccc(O)cc1. The zero-order valence-electron chi connectivity index (χ0n) is 17.9. The Hall–Kier alpha value is -2.57. The predicted octanol–water partition coefficient (Wildman–Crippen LogP) is 3.57. The van der Waals surface area contributed by atoms with Crippen LogP contribution >= 0.6 is 0 Å². The van der Waals surface area contributed by atoms with Crippen molar-refractivity contribution in [2.24, 2.45) is 0 Å². The lowest BCUT2D eigenvalue weighted by atomic mass is 10.0. The van der Waals surface area contributed by atoms with Crippen LogP contribution in [0.2, 0.25) is 0 Å². The molecule has 3 rings (SSSR count). The Morgan fingerprint density at radius 3 is 2.47 bits per heavy atom. The van der Waals surface area contributed by atoms with Crippen LogP contribution in [-0.2, 0) is 16.0 Å². The number of nitrogens with zero attached hydrogens (tertiary/aromatic N) is 1. The van der Waals surface area contributed by atoms with Crippen molar-refractivity contribution in [2.75, 3.05) is 39.4 Å². The van der Waals surface area contributed by atoms with Crippen molar-refractivity contribution in [3.63, 3.8) is 0 Å². The molecule has 0 unspecified atom stereocenters. The Kier molecular flexibility index (Phi) is 8.11. The highest BCUT2D eigenvalue weighted by molar-refractivity contribution is 5.76. The van der Waals surface area contributed by atoms with Gasteiger partial charge in [-0.1, -0.05) is 12.1 Å². The number of aryl methyl sites for hydroxylation is 3. The monoisotopic (exact) mass is 412 g/mol. The lowest BCUT2D eigenvalue weighted by Gasteiger charge is -2.26. The molecule has 2 N–H and O–H groups in total. The molecule has 1 saturated heterocycles. The molecule has 0 spiro atoms. The molecule has 1 aliphatic rings. The minimum atomic E-state index is 0.117. The zero-order chi connectivity index (χ0) is 21.3. The van der Waals surface area contributed by atoms with Gasteiger partial charge < -0.3 is 19.9 Å². The number of ether oxygens (including phenoxy) is 2. The fourth-order valence-corrected chi connectivity index (χ4v) is 3.67. The molecule has 0 radical (unpaired) electrons. The number of carbonyl (C=O) groups is 1. The molecule has 6 heteroatoms. The van der Waals surface area contributed by atoms with Crippen LogP contribution < -0.4 is 10.1 Å². The summed E-state index contributed by atoms with van der Waals surface area (Å²) >= 11 is 0. The lowest BCUT2D eigenvalue weighted by molar-refractivity contribution is -0.121. The van der Waals surface area contributed by atoms with Crippen molar-refractivity contribution in [3.8, 4) is 17.2 Å². The van der Waals surface area contributed by atoms with Gasteiger partial charge in [0.1, 0.15) is 17.2 Å². The average molecular weight is 413 g/mol. The maximum atomic E-state index is 12.0. The van der Waals surface area contributed by atoms with Crippen molar-refractivity contribution < 1.29 is 19.4 Å². The Labute approximate surface area is 178 Å². The smallest absolute Gasteiger partial charge is 0.221 e. The van der Waals surface area contributed by atoms with Gasteiger partial charge in [-0.2, -0.15) is 0 Å². The number of amides is 1.